The Morgan fingerprint density at radius 1 is 1.13 bits per heavy atom. The molecule has 2 aromatic carbocycles. The average Bonchev–Trinajstić information content (AvgIpc) is 2.53. The van der Waals surface area contributed by atoms with Crippen molar-refractivity contribution in [3.8, 4) is 5.75 Å². The Bertz CT molecular complexity index is 751. The van der Waals surface area contributed by atoms with E-state index in [1.807, 2.05) is 0 Å². The number of hydrogen-bond donors (Lipinski definition) is 1. The van der Waals surface area contributed by atoms with Crippen LogP contribution in [0.25, 0.3) is 6.08 Å². The maximum atomic E-state index is 13.8. The molecule has 2 rings (SSSR count). The van der Waals surface area contributed by atoms with Crippen molar-refractivity contribution in [2.24, 2.45) is 0 Å². The van der Waals surface area contributed by atoms with Crippen LogP contribution in [0.15, 0.2) is 48.5 Å². The molecule has 4 nitrogen and oxygen atoms in total. The normalized spacial score (nSPS) is 10.6. The van der Waals surface area contributed by atoms with Gasteiger partial charge in [0.1, 0.15) is 11.6 Å². The molecule has 118 valence electrons. The highest BCUT2D eigenvalue weighted by Crippen LogP contribution is 2.17. The summed E-state index contributed by atoms with van der Waals surface area (Å²) < 4.78 is 18.7. The number of rotatable bonds is 5. The van der Waals surface area contributed by atoms with E-state index < -0.39 is 11.6 Å². The lowest BCUT2D eigenvalue weighted by Gasteiger charge is -2.03. The van der Waals surface area contributed by atoms with Crippen LogP contribution in [0.2, 0.25) is 0 Å². The first-order chi connectivity index (χ1) is 11.0. The fourth-order valence-corrected chi connectivity index (χ4v) is 1.97. The molecule has 0 aromatic heterocycles. The number of allylic oxidation sites excluding steroid dienone is 1. The summed E-state index contributed by atoms with van der Waals surface area (Å²) in [7, 11) is 1.43. The van der Waals surface area contributed by atoms with E-state index in [2.05, 4.69) is 5.32 Å². The molecule has 0 aliphatic heterocycles. The summed E-state index contributed by atoms with van der Waals surface area (Å²) in [5.41, 5.74) is 1.42. The molecule has 1 N–H and O–H groups in total. The Labute approximate surface area is 133 Å². The number of benzene rings is 2. The van der Waals surface area contributed by atoms with Gasteiger partial charge in [-0.1, -0.05) is 18.2 Å². The zero-order valence-corrected chi connectivity index (χ0v) is 12.8. The lowest BCUT2D eigenvalue weighted by Crippen LogP contribution is -2.05. The maximum Gasteiger partial charge on any atom is 0.221 e. The molecule has 0 bridgehead atoms. The molecule has 0 saturated carbocycles. The van der Waals surface area contributed by atoms with Gasteiger partial charge in [-0.3, -0.25) is 9.59 Å². The number of amides is 1. The summed E-state index contributed by atoms with van der Waals surface area (Å²) in [6.45, 7) is 1.43. The zero-order valence-electron chi connectivity index (χ0n) is 12.8. The Hall–Kier alpha value is -2.95. The van der Waals surface area contributed by atoms with Crippen LogP contribution in [0.1, 0.15) is 22.8 Å². The van der Waals surface area contributed by atoms with Crippen LogP contribution >= 0.6 is 0 Å². The minimum atomic E-state index is -0.625. The van der Waals surface area contributed by atoms with Gasteiger partial charge < -0.3 is 10.1 Å². The van der Waals surface area contributed by atoms with Gasteiger partial charge in [0.05, 0.1) is 12.7 Å². The van der Waals surface area contributed by atoms with Gasteiger partial charge in [0.25, 0.3) is 0 Å². The minimum Gasteiger partial charge on any atom is -0.497 e. The minimum absolute atomic E-state index is 0.0167. The molecule has 0 aliphatic carbocycles. The highest BCUT2D eigenvalue weighted by Gasteiger charge is 2.09. The molecule has 0 fully saturated rings. The maximum absolute atomic E-state index is 13.8. The molecule has 5 heteroatoms. The summed E-state index contributed by atoms with van der Waals surface area (Å²) in [6, 6.07) is 11.0. The average molecular weight is 313 g/mol. The molecule has 1 amide bonds. The number of halogens is 1. The molecule has 0 aliphatic rings. The van der Waals surface area contributed by atoms with Crippen molar-refractivity contribution in [3.63, 3.8) is 0 Å². The van der Waals surface area contributed by atoms with Crippen molar-refractivity contribution in [2.75, 3.05) is 12.4 Å². The van der Waals surface area contributed by atoms with Gasteiger partial charge in [-0.05, 0) is 35.9 Å². The van der Waals surface area contributed by atoms with E-state index in [0.29, 0.717) is 11.4 Å². The van der Waals surface area contributed by atoms with Crippen LogP contribution in [0.3, 0.4) is 0 Å². The SMILES string of the molecule is COc1ccc(C(=O)/C=C/c2ccc(NC(C)=O)cc2)c(F)c1. The Morgan fingerprint density at radius 3 is 2.39 bits per heavy atom. The second-order valence-corrected chi connectivity index (χ2v) is 4.85. The van der Waals surface area contributed by atoms with Gasteiger partial charge in [0.2, 0.25) is 5.91 Å². The standard InChI is InChI=1S/C18H16FNO3/c1-12(21)20-14-6-3-13(4-7-14)5-10-18(22)16-9-8-15(23-2)11-17(16)19/h3-11H,1-2H3,(H,20,21)/b10-5+. The number of anilines is 1. The predicted molar refractivity (Wildman–Crippen MR) is 87.1 cm³/mol. The topological polar surface area (TPSA) is 55.4 Å². The first-order valence-electron chi connectivity index (χ1n) is 6.93. The van der Waals surface area contributed by atoms with Crippen molar-refractivity contribution < 1.29 is 18.7 Å². The summed E-state index contributed by atoms with van der Waals surface area (Å²) in [4.78, 5) is 23.0. The van der Waals surface area contributed by atoms with Crippen molar-refractivity contribution in [1.82, 2.24) is 0 Å². The van der Waals surface area contributed by atoms with E-state index in [-0.39, 0.29) is 11.5 Å². The van der Waals surface area contributed by atoms with Gasteiger partial charge in [0, 0.05) is 18.7 Å². The molecule has 0 heterocycles. The highest BCUT2D eigenvalue weighted by atomic mass is 19.1. The molecular weight excluding hydrogens is 297 g/mol. The third-order valence-corrected chi connectivity index (χ3v) is 3.10. The second-order valence-electron chi connectivity index (χ2n) is 4.85. The summed E-state index contributed by atoms with van der Waals surface area (Å²) in [6.07, 6.45) is 2.89. The van der Waals surface area contributed by atoms with Crippen LogP contribution in [-0.2, 0) is 4.79 Å². The van der Waals surface area contributed by atoms with Crippen LogP contribution in [0.4, 0.5) is 10.1 Å². The van der Waals surface area contributed by atoms with E-state index in [9.17, 15) is 14.0 Å². The first kappa shape index (κ1) is 16.4. The van der Waals surface area contributed by atoms with Gasteiger partial charge in [-0.25, -0.2) is 4.39 Å². The quantitative estimate of drug-likeness (QED) is 0.676. The van der Waals surface area contributed by atoms with Crippen LogP contribution in [0.5, 0.6) is 5.75 Å². The number of carbonyl (C=O) groups is 2. The van der Waals surface area contributed by atoms with E-state index in [4.69, 9.17) is 4.74 Å². The van der Waals surface area contributed by atoms with Gasteiger partial charge in [0.15, 0.2) is 5.78 Å². The Kier molecular flexibility index (Phi) is 5.25. The van der Waals surface area contributed by atoms with Crippen molar-refractivity contribution in [1.29, 1.82) is 0 Å². The number of hydrogen-bond acceptors (Lipinski definition) is 3. The van der Waals surface area contributed by atoms with E-state index in [1.54, 1.807) is 30.3 Å². The summed E-state index contributed by atoms with van der Waals surface area (Å²) in [5, 5.41) is 2.65. The lowest BCUT2D eigenvalue weighted by atomic mass is 10.1. The smallest absolute Gasteiger partial charge is 0.221 e. The third kappa shape index (κ3) is 4.51. The molecule has 0 spiro atoms. The number of carbonyl (C=O) groups excluding carboxylic acids is 2. The van der Waals surface area contributed by atoms with E-state index in [0.717, 1.165) is 5.56 Å². The Balaban J connectivity index is 2.10. The van der Waals surface area contributed by atoms with Gasteiger partial charge in [-0.2, -0.15) is 0 Å². The van der Waals surface area contributed by atoms with Crippen LogP contribution in [-0.4, -0.2) is 18.8 Å². The molecule has 0 saturated heterocycles. The molecule has 0 atom stereocenters. The van der Waals surface area contributed by atoms with E-state index in [1.165, 1.54) is 38.3 Å². The van der Waals surface area contributed by atoms with Crippen molar-refractivity contribution in [2.45, 2.75) is 6.92 Å². The molecule has 0 unspecified atom stereocenters. The predicted octanol–water partition coefficient (Wildman–Crippen LogP) is 3.69. The van der Waals surface area contributed by atoms with Crippen LogP contribution in [0, 0.1) is 5.82 Å². The molecule has 0 radical (unpaired) electrons. The summed E-state index contributed by atoms with van der Waals surface area (Å²) in [5.74, 6) is -0.855. The van der Waals surface area contributed by atoms with Gasteiger partial charge >= 0.3 is 0 Å². The number of ether oxygens (including phenoxy) is 1. The summed E-state index contributed by atoms with van der Waals surface area (Å²) >= 11 is 0. The highest BCUT2D eigenvalue weighted by molar-refractivity contribution is 6.07. The van der Waals surface area contributed by atoms with Crippen molar-refractivity contribution in [3.05, 3.63) is 65.5 Å². The van der Waals surface area contributed by atoms with E-state index >= 15 is 0 Å². The first-order valence-corrected chi connectivity index (χ1v) is 6.93. The number of methoxy groups -OCH3 is 1. The monoisotopic (exact) mass is 313 g/mol. The largest absolute Gasteiger partial charge is 0.497 e. The second kappa shape index (κ2) is 7.35. The zero-order chi connectivity index (χ0) is 16.8. The van der Waals surface area contributed by atoms with Crippen LogP contribution < -0.4 is 10.1 Å². The molecular formula is C18H16FNO3. The number of ketones is 1. The fourth-order valence-electron chi connectivity index (χ4n) is 1.97. The lowest BCUT2D eigenvalue weighted by molar-refractivity contribution is -0.114. The van der Waals surface area contributed by atoms with Gasteiger partial charge in [-0.15, -0.1) is 0 Å². The fraction of sp³-hybridized carbons (Fsp3) is 0.111. The Morgan fingerprint density at radius 2 is 1.83 bits per heavy atom. The third-order valence-electron chi connectivity index (χ3n) is 3.10. The van der Waals surface area contributed by atoms with Crippen molar-refractivity contribution >= 4 is 23.5 Å². The molecule has 23 heavy (non-hydrogen) atoms. The number of nitrogens with one attached hydrogen (secondary N) is 1. The molecule has 2 aromatic rings.